The Labute approximate surface area is 274 Å². The fraction of sp³-hybridized carbons (Fsp3) is 0.871. The molecule has 2 unspecified atom stereocenters. The lowest BCUT2D eigenvalue weighted by atomic mass is 9.78. The second-order valence-electron chi connectivity index (χ2n) is 13.5. The molecule has 48 heavy (non-hydrogen) atoms. The molecule has 1 aliphatic carbocycles. The van der Waals surface area contributed by atoms with Gasteiger partial charge in [-0.1, -0.05) is 33.1 Å². The molecule has 0 aromatic rings. The van der Waals surface area contributed by atoms with Gasteiger partial charge in [0, 0.05) is 0 Å². The van der Waals surface area contributed by atoms with Crippen LogP contribution in [0.15, 0.2) is 0 Å². The maximum absolute atomic E-state index is 12.6. The molecule has 0 aliphatic heterocycles. The van der Waals surface area contributed by atoms with E-state index in [0.29, 0.717) is 12.8 Å². The Bertz CT molecular complexity index is 1060. The molecule has 17 heteroatoms. The van der Waals surface area contributed by atoms with Gasteiger partial charge in [0.05, 0.1) is 17.3 Å². The van der Waals surface area contributed by atoms with E-state index in [4.69, 9.17) is 4.74 Å². The molecule has 0 aromatic carbocycles. The Morgan fingerprint density at radius 3 is 1.48 bits per heavy atom. The normalized spacial score (nSPS) is 16.6. The summed E-state index contributed by atoms with van der Waals surface area (Å²) in [5.41, 5.74) is -2.06. The summed E-state index contributed by atoms with van der Waals surface area (Å²) < 4.78 is 130. The van der Waals surface area contributed by atoms with Crippen molar-refractivity contribution in [3.8, 4) is 0 Å². The van der Waals surface area contributed by atoms with Crippen LogP contribution >= 0.6 is 0 Å². The first kappa shape index (κ1) is 45.2. The number of alkyl halides is 9. The Morgan fingerprint density at radius 1 is 0.646 bits per heavy atom. The van der Waals surface area contributed by atoms with Crippen LogP contribution in [-0.2, 0) is 38.1 Å². The van der Waals surface area contributed by atoms with Crippen LogP contribution in [0.5, 0.6) is 0 Å². The standard InChI is InChI=1S/C16H19F9O6.C15H28O2/c1-5-13(3,4)12(28)30-8(6-9(26)29-7(2)14(17,18)19)10(27)31-11(15(20,21)22)16(23,24)25;1-6-14(2,3)13(16)17-15(4,5)12-10-8-7-9-11-12/h7-8,11H,5-6H2,1-4H3;12H,6-11H2,1-5H3. The van der Waals surface area contributed by atoms with Crippen LogP contribution in [0.1, 0.15) is 114 Å². The highest BCUT2D eigenvalue weighted by Gasteiger charge is 2.60. The molecule has 2 atom stereocenters. The molecule has 1 aliphatic rings. The summed E-state index contributed by atoms with van der Waals surface area (Å²) in [6, 6.07) is 0. The van der Waals surface area contributed by atoms with E-state index in [9.17, 15) is 58.7 Å². The van der Waals surface area contributed by atoms with E-state index in [2.05, 4.69) is 28.1 Å². The van der Waals surface area contributed by atoms with Crippen LogP contribution in [0.4, 0.5) is 39.5 Å². The largest absolute Gasteiger partial charge is 0.459 e. The predicted molar refractivity (Wildman–Crippen MR) is 153 cm³/mol. The van der Waals surface area contributed by atoms with Crippen molar-refractivity contribution in [3.05, 3.63) is 0 Å². The minimum atomic E-state index is -6.11. The van der Waals surface area contributed by atoms with Gasteiger partial charge in [-0.25, -0.2) is 4.79 Å². The molecule has 0 spiro atoms. The second kappa shape index (κ2) is 17.3. The Kier molecular flexibility index (Phi) is 16.3. The van der Waals surface area contributed by atoms with Gasteiger partial charge in [-0.05, 0) is 80.1 Å². The summed E-state index contributed by atoms with van der Waals surface area (Å²) in [4.78, 5) is 47.7. The predicted octanol–water partition coefficient (Wildman–Crippen LogP) is 8.58. The van der Waals surface area contributed by atoms with Crippen molar-refractivity contribution in [1.29, 1.82) is 0 Å². The summed E-state index contributed by atoms with van der Waals surface area (Å²) in [5, 5.41) is 0. The molecule has 0 bridgehead atoms. The third kappa shape index (κ3) is 14.8. The number of carbonyl (C=O) groups excluding carboxylic acids is 4. The maximum Gasteiger partial charge on any atom is 0.434 e. The number of hydrogen-bond donors (Lipinski definition) is 0. The fourth-order valence-corrected chi connectivity index (χ4v) is 3.98. The zero-order valence-corrected chi connectivity index (χ0v) is 28.6. The van der Waals surface area contributed by atoms with Gasteiger partial charge >= 0.3 is 42.4 Å². The van der Waals surface area contributed by atoms with Crippen molar-refractivity contribution in [2.75, 3.05) is 0 Å². The molecule has 1 fully saturated rings. The minimum Gasteiger partial charge on any atom is -0.459 e. The van der Waals surface area contributed by atoms with E-state index in [0.717, 1.165) is 6.42 Å². The van der Waals surface area contributed by atoms with E-state index < -0.39 is 66.6 Å². The minimum absolute atomic E-state index is 0.0247. The van der Waals surface area contributed by atoms with Crippen LogP contribution in [0, 0.1) is 16.7 Å². The van der Waals surface area contributed by atoms with Gasteiger partial charge in [0.15, 0.2) is 6.10 Å². The molecule has 0 heterocycles. The number of ether oxygens (including phenoxy) is 4. The quantitative estimate of drug-likeness (QED) is 0.112. The van der Waals surface area contributed by atoms with Crippen molar-refractivity contribution >= 4 is 23.9 Å². The molecule has 8 nitrogen and oxygen atoms in total. The van der Waals surface area contributed by atoms with E-state index in [-0.39, 0.29) is 23.4 Å². The Morgan fingerprint density at radius 2 is 1.08 bits per heavy atom. The van der Waals surface area contributed by atoms with Crippen molar-refractivity contribution in [2.24, 2.45) is 16.7 Å². The van der Waals surface area contributed by atoms with Crippen LogP contribution in [0.3, 0.4) is 0 Å². The Hall–Kier alpha value is -2.75. The van der Waals surface area contributed by atoms with Crippen molar-refractivity contribution in [3.63, 3.8) is 0 Å². The molecular formula is C31H47F9O8. The summed E-state index contributed by atoms with van der Waals surface area (Å²) in [6.07, 6.45) is -21.8. The van der Waals surface area contributed by atoms with Crippen LogP contribution in [0.25, 0.3) is 0 Å². The SMILES string of the molecule is CCC(C)(C)C(=O)OC(C)(C)C1CCCCC1.CCC(C)(C)C(=O)OC(CC(=O)OC(C)C(F)(F)F)C(=O)OC(C(F)(F)F)C(F)(F)F. The topological polar surface area (TPSA) is 105 Å². The van der Waals surface area contributed by atoms with Crippen molar-refractivity contribution in [1.82, 2.24) is 0 Å². The molecule has 0 N–H and O–H groups in total. The van der Waals surface area contributed by atoms with Crippen LogP contribution in [-0.4, -0.2) is 66.3 Å². The summed E-state index contributed by atoms with van der Waals surface area (Å²) in [7, 11) is 0. The number of esters is 4. The number of carbonyl (C=O) groups is 4. The lowest BCUT2D eigenvalue weighted by Crippen LogP contribution is -2.48. The molecule has 282 valence electrons. The summed E-state index contributed by atoms with van der Waals surface area (Å²) in [6.45, 7) is 14.4. The molecule has 0 saturated heterocycles. The number of rotatable bonds is 12. The molecular weight excluding hydrogens is 671 g/mol. The average molecular weight is 719 g/mol. The third-order valence-electron chi connectivity index (χ3n) is 8.28. The lowest BCUT2D eigenvalue weighted by Gasteiger charge is -2.38. The zero-order chi connectivity index (χ0) is 38.1. The van der Waals surface area contributed by atoms with Gasteiger partial charge in [-0.15, -0.1) is 0 Å². The molecule has 0 amide bonds. The van der Waals surface area contributed by atoms with E-state index >= 15 is 0 Å². The summed E-state index contributed by atoms with van der Waals surface area (Å²) >= 11 is 0. The van der Waals surface area contributed by atoms with Gasteiger partial charge in [0.2, 0.25) is 6.10 Å². The average Bonchev–Trinajstić information content (AvgIpc) is 2.94. The first-order valence-electron chi connectivity index (χ1n) is 15.5. The van der Waals surface area contributed by atoms with E-state index in [1.807, 2.05) is 20.8 Å². The van der Waals surface area contributed by atoms with E-state index in [1.54, 1.807) is 0 Å². The number of halogens is 9. The second-order valence-corrected chi connectivity index (χ2v) is 13.5. The smallest absolute Gasteiger partial charge is 0.434 e. The van der Waals surface area contributed by atoms with Gasteiger partial charge in [-0.2, -0.15) is 39.5 Å². The molecule has 0 radical (unpaired) electrons. The monoisotopic (exact) mass is 718 g/mol. The van der Waals surface area contributed by atoms with Gasteiger partial charge in [-0.3, -0.25) is 14.4 Å². The summed E-state index contributed by atoms with van der Waals surface area (Å²) in [5.74, 6) is -5.17. The third-order valence-corrected chi connectivity index (χ3v) is 8.28. The van der Waals surface area contributed by atoms with E-state index in [1.165, 1.54) is 52.9 Å². The fourth-order valence-electron chi connectivity index (χ4n) is 3.98. The number of hydrogen-bond acceptors (Lipinski definition) is 8. The van der Waals surface area contributed by atoms with Crippen LogP contribution in [0.2, 0.25) is 0 Å². The maximum atomic E-state index is 12.6. The Balaban J connectivity index is 0.00000109. The first-order chi connectivity index (χ1) is 21.4. The first-order valence-corrected chi connectivity index (χ1v) is 15.5. The molecule has 1 saturated carbocycles. The molecule has 1 rings (SSSR count). The molecule has 0 aromatic heterocycles. The van der Waals surface area contributed by atoms with Gasteiger partial charge in [0.25, 0.3) is 6.10 Å². The lowest BCUT2D eigenvalue weighted by molar-refractivity contribution is -0.315. The highest BCUT2D eigenvalue weighted by molar-refractivity contribution is 5.86. The van der Waals surface area contributed by atoms with Crippen molar-refractivity contribution < 1.29 is 77.6 Å². The van der Waals surface area contributed by atoms with Gasteiger partial charge < -0.3 is 18.9 Å². The zero-order valence-electron chi connectivity index (χ0n) is 28.6. The van der Waals surface area contributed by atoms with Crippen LogP contribution < -0.4 is 0 Å². The van der Waals surface area contributed by atoms with Crippen molar-refractivity contribution in [2.45, 2.75) is 156 Å². The highest BCUT2D eigenvalue weighted by atomic mass is 19.4. The van der Waals surface area contributed by atoms with Gasteiger partial charge in [0.1, 0.15) is 5.60 Å². The highest BCUT2D eigenvalue weighted by Crippen LogP contribution is 2.38.